The fourth-order valence-corrected chi connectivity index (χ4v) is 4.89. The fraction of sp³-hybridized carbons (Fsp3) is 0.417. The number of carbonyl (C=O) groups excluding carboxylic acids is 1. The molecule has 0 spiro atoms. The highest BCUT2D eigenvalue weighted by atomic mass is 32.1. The van der Waals surface area contributed by atoms with E-state index in [9.17, 15) is 4.79 Å². The molecule has 3 heterocycles. The average molecular weight is 436 g/mol. The van der Waals surface area contributed by atoms with Crippen LogP contribution in [0.2, 0.25) is 0 Å². The smallest absolute Gasteiger partial charge is 0.252 e. The van der Waals surface area contributed by atoms with Gasteiger partial charge in [-0.2, -0.15) is 0 Å². The number of nitrogens with zero attached hydrogens (tertiary/aromatic N) is 4. The molecule has 1 saturated carbocycles. The normalized spacial score (nSPS) is 18.5. The molecular weight excluding hydrogens is 406 g/mol. The summed E-state index contributed by atoms with van der Waals surface area (Å²) in [5.74, 6) is 1.70. The van der Waals surface area contributed by atoms with E-state index in [1.165, 1.54) is 0 Å². The Bertz CT molecular complexity index is 1030. The lowest BCUT2D eigenvalue weighted by atomic mass is 9.79. The van der Waals surface area contributed by atoms with E-state index in [2.05, 4.69) is 15.3 Å². The van der Waals surface area contributed by atoms with Crippen molar-refractivity contribution in [2.24, 2.45) is 5.92 Å². The van der Waals surface area contributed by atoms with E-state index in [1.807, 2.05) is 68.1 Å². The van der Waals surface area contributed by atoms with Crippen LogP contribution in [0.3, 0.4) is 0 Å². The van der Waals surface area contributed by atoms with Gasteiger partial charge in [-0.15, -0.1) is 11.3 Å². The predicted molar refractivity (Wildman–Crippen MR) is 126 cm³/mol. The topological polar surface area (TPSA) is 71.0 Å². The van der Waals surface area contributed by atoms with E-state index in [0.29, 0.717) is 11.8 Å². The van der Waals surface area contributed by atoms with Crippen molar-refractivity contribution in [3.63, 3.8) is 0 Å². The Labute approximate surface area is 187 Å². The number of thiophene rings is 1. The van der Waals surface area contributed by atoms with Crippen LogP contribution in [-0.4, -0.2) is 41.5 Å². The highest BCUT2D eigenvalue weighted by molar-refractivity contribution is 7.10. The Morgan fingerprint density at radius 2 is 1.94 bits per heavy atom. The summed E-state index contributed by atoms with van der Waals surface area (Å²) in [6.07, 6.45) is 9.89. The minimum absolute atomic E-state index is 0.0397. The molecule has 0 aliphatic heterocycles. The Kier molecular flexibility index (Phi) is 6.61. The van der Waals surface area contributed by atoms with Crippen LogP contribution in [0.15, 0.2) is 42.2 Å². The van der Waals surface area contributed by atoms with Crippen LogP contribution in [-0.2, 0) is 0 Å². The summed E-state index contributed by atoms with van der Waals surface area (Å²) in [6, 6.07) is 5.99. The predicted octanol–water partition coefficient (Wildman–Crippen LogP) is 4.68. The van der Waals surface area contributed by atoms with Crippen molar-refractivity contribution in [3.05, 3.63) is 58.3 Å². The van der Waals surface area contributed by atoms with E-state index < -0.39 is 0 Å². The van der Waals surface area contributed by atoms with Gasteiger partial charge in [0.05, 0.1) is 11.3 Å². The summed E-state index contributed by atoms with van der Waals surface area (Å²) >= 11 is 1.61. The zero-order valence-corrected chi connectivity index (χ0v) is 19.2. The van der Waals surface area contributed by atoms with Crippen molar-refractivity contribution in [2.75, 3.05) is 25.5 Å². The maximum absolute atomic E-state index is 12.4. The molecule has 0 aromatic carbocycles. The van der Waals surface area contributed by atoms with Gasteiger partial charge in [-0.25, -0.2) is 9.97 Å². The lowest BCUT2D eigenvalue weighted by Gasteiger charge is -2.29. The number of pyridine rings is 1. The average Bonchev–Trinajstić information content (AvgIpc) is 3.24. The Balaban J connectivity index is 1.43. The van der Waals surface area contributed by atoms with Gasteiger partial charge in [0.1, 0.15) is 0 Å². The second-order valence-electron chi connectivity index (χ2n) is 8.47. The third kappa shape index (κ3) is 5.10. The van der Waals surface area contributed by atoms with Crippen molar-refractivity contribution >= 4 is 23.2 Å². The van der Waals surface area contributed by atoms with Crippen molar-refractivity contribution < 1.29 is 4.79 Å². The zero-order chi connectivity index (χ0) is 21.8. The summed E-state index contributed by atoms with van der Waals surface area (Å²) in [5.41, 5.74) is 4.10. The molecule has 0 radical (unpaired) electrons. The van der Waals surface area contributed by atoms with Crippen LogP contribution in [0.1, 0.15) is 52.5 Å². The summed E-state index contributed by atoms with van der Waals surface area (Å²) in [5, 5.41) is 5.06. The van der Waals surface area contributed by atoms with Crippen LogP contribution in [0.25, 0.3) is 11.1 Å². The van der Waals surface area contributed by atoms with Gasteiger partial charge in [0, 0.05) is 61.0 Å². The molecule has 162 valence electrons. The first-order valence-corrected chi connectivity index (χ1v) is 11.7. The minimum atomic E-state index is 0.0397. The number of hydrogen-bond acceptors (Lipinski definition) is 6. The van der Waals surface area contributed by atoms with Gasteiger partial charge >= 0.3 is 0 Å². The number of anilines is 1. The van der Waals surface area contributed by atoms with Crippen LogP contribution >= 0.6 is 11.3 Å². The molecule has 1 amide bonds. The maximum atomic E-state index is 12.4. The lowest BCUT2D eigenvalue weighted by molar-refractivity contribution is 0.0943. The number of rotatable bonds is 6. The van der Waals surface area contributed by atoms with Crippen molar-refractivity contribution in [1.29, 1.82) is 0 Å². The summed E-state index contributed by atoms with van der Waals surface area (Å²) in [7, 11) is 3.94. The Morgan fingerprint density at radius 1 is 1.19 bits per heavy atom. The standard InChI is InChI=1S/C24H29N5OS/c1-16-12-20(15-31-16)23(30)26-13-17-4-6-19(7-5-17)22-21(18-8-10-25-11-9-18)14-27-24(28-22)29(2)3/h8-12,14-15,17,19H,4-7,13H2,1-3H3,(H,26,30). The second-order valence-corrected chi connectivity index (χ2v) is 9.59. The van der Waals surface area contributed by atoms with Crippen LogP contribution in [0, 0.1) is 12.8 Å². The molecular formula is C24H29N5OS. The van der Waals surface area contributed by atoms with Gasteiger partial charge < -0.3 is 10.2 Å². The van der Waals surface area contributed by atoms with Gasteiger partial charge in [0.15, 0.2) is 0 Å². The van der Waals surface area contributed by atoms with Gasteiger partial charge in [-0.1, -0.05) is 0 Å². The lowest BCUT2D eigenvalue weighted by Crippen LogP contribution is -2.31. The summed E-state index contributed by atoms with van der Waals surface area (Å²) < 4.78 is 0. The molecule has 1 aliphatic rings. The number of carbonyl (C=O) groups is 1. The first-order valence-electron chi connectivity index (χ1n) is 10.8. The maximum Gasteiger partial charge on any atom is 0.252 e. The fourth-order valence-electron chi connectivity index (χ4n) is 4.21. The number of nitrogens with one attached hydrogen (secondary N) is 1. The van der Waals surface area contributed by atoms with Gasteiger partial charge in [-0.3, -0.25) is 9.78 Å². The van der Waals surface area contributed by atoms with E-state index in [4.69, 9.17) is 4.98 Å². The summed E-state index contributed by atoms with van der Waals surface area (Å²) in [4.78, 5) is 29.1. The monoisotopic (exact) mass is 435 g/mol. The largest absolute Gasteiger partial charge is 0.352 e. The first kappa shape index (κ1) is 21.4. The number of aromatic nitrogens is 3. The quantitative estimate of drug-likeness (QED) is 0.609. The first-order chi connectivity index (χ1) is 15.0. The number of amides is 1. The summed E-state index contributed by atoms with van der Waals surface area (Å²) in [6.45, 7) is 2.77. The molecule has 1 N–H and O–H groups in total. The Morgan fingerprint density at radius 3 is 2.58 bits per heavy atom. The van der Waals surface area contributed by atoms with Crippen LogP contribution in [0.5, 0.6) is 0 Å². The van der Waals surface area contributed by atoms with Crippen LogP contribution in [0.4, 0.5) is 5.95 Å². The van der Waals surface area contributed by atoms with Gasteiger partial charge in [-0.05, 0) is 62.3 Å². The van der Waals surface area contributed by atoms with Crippen molar-refractivity contribution in [2.45, 2.75) is 38.5 Å². The van der Waals surface area contributed by atoms with Crippen molar-refractivity contribution in [1.82, 2.24) is 20.3 Å². The molecule has 7 heteroatoms. The molecule has 3 aromatic rings. The molecule has 0 atom stereocenters. The molecule has 4 rings (SSSR count). The molecule has 1 fully saturated rings. The molecule has 3 aromatic heterocycles. The van der Waals surface area contributed by atoms with Gasteiger partial charge in [0.25, 0.3) is 5.91 Å². The van der Waals surface area contributed by atoms with E-state index in [-0.39, 0.29) is 5.91 Å². The number of hydrogen-bond donors (Lipinski definition) is 1. The SMILES string of the molecule is Cc1cc(C(=O)NCC2CCC(c3nc(N(C)C)ncc3-c3ccncc3)CC2)cs1. The molecule has 31 heavy (non-hydrogen) atoms. The third-order valence-corrected chi connectivity index (χ3v) is 6.84. The van der Waals surface area contributed by atoms with Crippen LogP contribution < -0.4 is 10.2 Å². The van der Waals surface area contributed by atoms with Crippen molar-refractivity contribution in [3.8, 4) is 11.1 Å². The highest BCUT2D eigenvalue weighted by Gasteiger charge is 2.27. The molecule has 6 nitrogen and oxygen atoms in total. The molecule has 1 aliphatic carbocycles. The van der Waals surface area contributed by atoms with Gasteiger partial charge in [0.2, 0.25) is 5.95 Å². The van der Waals surface area contributed by atoms with E-state index >= 15 is 0 Å². The molecule has 0 unspecified atom stereocenters. The highest BCUT2D eigenvalue weighted by Crippen LogP contribution is 2.39. The second kappa shape index (κ2) is 9.56. The minimum Gasteiger partial charge on any atom is -0.352 e. The van der Waals surface area contributed by atoms with E-state index in [0.717, 1.165) is 65.4 Å². The third-order valence-electron chi connectivity index (χ3n) is 5.97. The van der Waals surface area contributed by atoms with E-state index in [1.54, 1.807) is 11.3 Å². The molecule has 0 saturated heterocycles. The molecule has 0 bridgehead atoms. The zero-order valence-electron chi connectivity index (χ0n) is 18.3. The Hall–Kier alpha value is -2.80. The number of aryl methyl sites for hydroxylation is 1.